The summed E-state index contributed by atoms with van der Waals surface area (Å²) in [4.78, 5) is 17.3. The van der Waals surface area contributed by atoms with Crippen LogP contribution in [0.2, 0.25) is 0 Å². The predicted octanol–water partition coefficient (Wildman–Crippen LogP) is 4.14. The number of benzene rings is 1. The second kappa shape index (κ2) is 6.84. The third-order valence-electron chi connectivity index (χ3n) is 4.56. The van der Waals surface area contributed by atoms with Crippen LogP contribution in [0.4, 0.5) is 4.79 Å². The van der Waals surface area contributed by atoms with Gasteiger partial charge in [-0.1, -0.05) is 24.3 Å². The lowest BCUT2D eigenvalue weighted by atomic mass is 9.92. The first-order valence-corrected chi connectivity index (χ1v) is 8.51. The van der Waals surface area contributed by atoms with E-state index >= 15 is 0 Å². The van der Waals surface area contributed by atoms with Gasteiger partial charge in [0.15, 0.2) is 0 Å². The number of aromatic nitrogens is 1. The number of hydrogen-bond acceptors (Lipinski definition) is 3. The third kappa shape index (κ3) is 3.82. The van der Waals surface area contributed by atoms with Crippen molar-refractivity contribution in [3.05, 3.63) is 53.9 Å². The summed E-state index contributed by atoms with van der Waals surface area (Å²) in [6.07, 6.45) is 3.29. The van der Waals surface area contributed by atoms with E-state index in [0.717, 1.165) is 23.1 Å². The van der Waals surface area contributed by atoms with Gasteiger partial charge in [-0.2, -0.15) is 0 Å². The van der Waals surface area contributed by atoms with Crippen LogP contribution in [-0.4, -0.2) is 39.8 Å². The molecule has 0 spiro atoms. The summed E-state index contributed by atoms with van der Waals surface area (Å²) in [6, 6.07) is 10.3. The van der Waals surface area contributed by atoms with Gasteiger partial charge in [0.05, 0.1) is 13.2 Å². The molecule has 1 aliphatic rings. The highest BCUT2D eigenvalue weighted by Gasteiger charge is 2.31. The zero-order valence-electron chi connectivity index (χ0n) is 14.9. The Bertz CT molecular complexity index is 753. The first kappa shape index (κ1) is 17.4. The maximum Gasteiger partial charge on any atom is 0.407 e. The molecule has 1 amide bonds. The van der Waals surface area contributed by atoms with E-state index in [2.05, 4.69) is 23.2 Å². The van der Waals surface area contributed by atoms with Gasteiger partial charge in [-0.25, -0.2) is 4.79 Å². The van der Waals surface area contributed by atoms with Gasteiger partial charge in [-0.05, 0) is 55.5 Å². The van der Waals surface area contributed by atoms with Crippen molar-refractivity contribution in [3.8, 4) is 11.1 Å². The molecule has 5 heteroatoms. The second-order valence-electron chi connectivity index (χ2n) is 7.33. The fourth-order valence-electron chi connectivity index (χ4n) is 3.21. The number of carboxylic acid groups (broad SMARTS) is 1. The maximum absolute atomic E-state index is 11.6. The summed E-state index contributed by atoms with van der Waals surface area (Å²) in [5.74, 6) is 0. The lowest BCUT2D eigenvalue weighted by molar-refractivity contribution is -0.000795. The van der Waals surface area contributed by atoms with Crippen molar-refractivity contribution >= 4 is 6.09 Å². The Morgan fingerprint density at radius 1 is 1.32 bits per heavy atom. The molecule has 0 saturated heterocycles. The van der Waals surface area contributed by atoms with E-state index in [1.807, 2.05) is 39.1 Å². The van der Waals surface area contributed by atoms with Crippen LogP contribution in [0, 0.1) is 0 Å². The van der Waals surface area contributed by atoms with Crippen molar-refractivity contribution in [2.24, 2.45) is 0 Å². The first-order chi connectivity index (χ1) is 11.9. The molecule has 3 rings (SSSR count). The monoisotopic (exact) mass is 340 g/mol. The smallest absolute Gasteiger partial charge is 0.407 e. The average molecular weight is 340 g/mol. The zero-order chi connectivity index (χ0) is 18.0. The minimum absolute atomic E-state index is 0.234. The standard InChI is InChI=1S/C20H24N2O3/c1-20(2,3)22(19(23)24)13-18-17-7-6-14(11-15(17)8-10-25-18)16-5-4-9-21-12-16/h4-7,9,11-12,18H,8,10,13H2,1-3H3,(H,23,24)/t18-/m0/s1. The second-order valence-corrected chi connectivity index (χ2v) is 7.33. The molecule has 0 bridgehead atoms. The molecule has 1 aliphatic heterocycles. The van der Waals surface area contributed by atoms with Crippen molar-refractivity contribution in [1.29, 1.82) is 0 Å². The van der Waals surface area contributed by atoms with Crippen molar-refractivity contribution in [1.82, 2.24) is 9.88 Å². The lowest BCUT2D eigenvalue weighted by Gasteiger charge is -2.37. The van der Waals surface area contributed by atoms with Crippen LogP contribution in [-0.2, 0) is 11.2 Å². The molecule has 2 aromatic rings. The Morgan fingerprint density at radius 2 is 2.12 bits per heavy atom. The molecule has 5 nitrogen and oxygen atoms in total. The number of rotatable bonds is 3. The van der Waals surface area contributed by atoms with Crippen molar-refractivity contribution in [2.75, 3.05) is 13.2 Å². The van der Waals surface area contributed by atoms with Crippen LogP contribution >= 0.6 is 0 Å². The summed E-state index contributed by atoms with van der Waals surface area (Å²) in [6.45, 7) is 6.63. The van der Waals surface area contributed by atoms with Crippen LogP contribution in [0.5, 0.6) is 0 Å². The Balaban J connectivity index is 1.89. The Hall–Kier alpha value is -2.40. The molecule has 132 valence electrons. The number of ether oxygens (including phenoxy) is 1. The first-order valence-electron chi connectivity index (χ1n) is 8.51. The lowest BCUT2D eigenvalue weighted by Crippen LogP contribution is -2.47. The van der Waals surface area contributed by atoms with Gasteiger partial charge >= 0.3 is 6.09 Å². The number of carbonyl (C=O) groups is 1. The summed E-state index contributed by atoms with van der Waals surface area (Å²) < 4.78 is 5.91. The van der Waals surface area contributed by atoms with E-state index in [1.165, 1.54) is 10.5 Å². The van der Waals surface area contributed by atoms with Gasteiger partial charge in [-0.15, -0.1) is 0 Å². The van der Waals surface area contributed by atoms with Crippen LogP contribution in [0.25, 0.3) is 11.1 Å². The number of fused-ring (bicyclic) bond motifs is 1. The van der Waals surface area contributed by atoms with E-state index in [0.29, 0.717) is 13.2 Å². The Kier molecular flexibility index (Phi) is 4.77. The summed E-state index contributed by atoms with van der Waals surface area (Å²) in [5, 5.41) is 9.54. The van der Waals surface area contributed by atoms with Crippen LogP contribution in [0.1, 0.15) is 38.0 Å². The molecule has 1 aromatic carbocycles. The number of hydrogen-bond donors (Lipinski definition) is 1. The third-order valence-corrected chi connectivity index (χ3v) is 4.56. The van der Waals surface area contributed by atoms with E-state index in [4.69, 9.17) is 4.74 Å². The molecule has 0 saturated carbocycles. The summed E-state index contributed by atoms with van der Waals surface area (Å²) in [5.41, 5.74) is 4.03. The van der Waals surface area contributed by atoms with Crippen molar-refractivity contribution in [2.45, 2.75) is 38.8 Å². The molecule has 2 heterocycles. The van der Waals surface area contributed by atoms with Gasteiger partial charge < -0.3 is 14.7 Å². The topological polar surface area (TPSA) is 62.7 Å². The van der Waals surface area contributed by atoms with E-state index < -0.39 is 11.6 Å². The SMILES string of the molecule is CC(C)(C)N(C[C@@H]1OCCc2cc(-c3cccnc3)ccc21)C(=O)O. The average Bonchev–Trinajstić information content (AvgIpc) is 2.58. The maximum atomic E-state index is 11.6. The van der Waals surface area contributed by atoms with Crippen molar-refractivity contribution in [3.63, 3.8) is 0 Å². The summed E-state index contributed by atoms with van der Waals surface area (Å²) >= 11 is 0. The Labute approximate surface area is 148 Å². The van der Waals surface area contributed by atoms with Crippen molar-refractivity contribution < 1.29 is 14.6 Å². The highest BCUT2D eigenvalue weighted by atomic mass is 16.5. The predicted molar refractivity (Wildman–Crippen MR) is 96.6 cm³/mol. The van der Waals surface area contributed by atoms with Gasteiger partial charge in [0, 0.05) is 17.9 Å². The minimum atomic E-state index is -0.921. The highest BCUT2D eigenvalue weighted by molar-refractivity contribution is 5.66. The molecule has 0 radical (unpaired) electrons. The quantitative estimate of drug-likeness (QED) is 0.912. The van der Waals surface area contributed by atoms with E-state index in [-0.39, 0.29) is 6.10 Å². The zero-order valence-corrected chi connectivity index (χ0v) is 14.9. The molecule has 0 unspecified atom stereocenters. The number of nitrogens with zero attached hydrogens (tertiary/aromatic N) is 2. The molecule has 1 atom stereocenters. The fraction of sp³-hybridized carbons (Fsp3) is 0.400. The molecular formula is C20H24N2O3. The van der Waals surface area contributed by atoms with Crippen LogP contribution in [0.15, 0.2) is 42.7 Å². The summed E-state index contributed by atoms with van der Waals surface area (Å²) in [7, 11) is 0. The number of pyridine rings is 1. The Morgan fingerprint density at radius 3 is 2.76 bits per heavy atom. The van der Waals surface area contributed by atoms with Gasteiger partial charge in [0.2, 0.25) is 0 Å². The fourth-order valence-corrected chi connectivity index (χ4v) is 3.21. The molecule has 1 N–H and O–H groups in total. The largest absolute Gasteiger partial charge is 0.465 e. The van der Waals surface area contributed by atoms with Crippen LogP contribution in [0.3, 0.4) is 0 Å². The minimum Gasteiger partial charge on any atom is -0.465 e. The van der Waals surface area contributed by atoms with Gasteiger partial charge in [-0.3, -0.25) is 4.98 Å². The van der Waals surface area contributed by atoms with Crippen LogP contribution < -0.4 is 0 Å². The van der Waals surface area contributed by atoms with Gasteiger partial charge in [0.1, 0.15) is 6.10 Å². The van der Waals surface area contributed by atoms with E-state index in [1.54, 1.807) is 6.20 Å². The molecule has 0 fully saturated rings. The number of amides is 1. The molecule has 1 aromatic heterocycles. The molecular weight excluding hydrogens is 316 g/mol. The highest BCUT2D eigenvalue weighted by Crippen LogP contribution is 2.32. The van der Waals surface area contributed by atoms with Gasteiger partial charge in [0.25, 0.3) is 0 Å². The molecule has 25 heavy (non-hydrogen) atoms. The van der Waals surface area contributed by atoms with E-state index in [9.17, 15) is 9.90 Å². The molecule has 0 aliphatic carbocycles. The normalized spacial score (nSPS) is 17.0.